The van der Waals surface area contributed by atoms with Crippen LogP contribution in [0.1, 0.15) is 5.89 Å². The molecule has 3 nitrogen and oxygen atoms in total. The molecule has 0 aliphatic carbocycles. The molecule has 0 spiro atoms. The van der Waals surface area contributed by atoms with Gasteiger partial charge in [0.1, 0.15) is 17.7 Å². The minimum Gasteiger partial charge on any atom is -0.507 e. The fourth-order valence-corrected chi connectivity index (χ4v) is 1.54. The molecule has 1 N–H and O–H groups in total. The smallest absolute Gasteiger partial charge is 0.191 e. The Morgan fingerprint density at radius 3 is 2.79 bits per heavy atom. The largest absolute Gasteiger partial charge is 0.507 e. The number of hydrogen-bond donors (Lipinski definition) is 1. The minimum atomic E-state index is 0.217. The first-order chi connectivity index (χ1) is 6.66. The van der Waals surface area contributed by atoms with Crippen molar-refractivity contribution in [3.63, 3.8) is 0 Å². The first-order valence-electron chi connectivity index (χ1n) is 4.08. The van der Waals surface area contributed by atoms with Crippen LogP contribution in [0, 0.1) is 6.92 Å². The summed E-state index contributed by atoms with van der Waals surface area (Å²) in [5.41, 5.74) is 1.68. The van der Waals surface area contributed by atoms with E-state index in [1.807, 2.05) is 0 Å². The molecule has 0 saturated heterocycles. The lowest BCUT2D eigenvalue weighted by atomic mass is 10.2. The van der Waals surface area contributed by atoms with Gasteiger partial charge in [0.15, 0.2) is 5.89 Å². The predicted molar refractivity (Wildman–Crippen MR) is 56.0 cm³/mol. The molecule has 1 heterocycles. The molecule has 0 atom stereocenters. The van der Waals surface area contributed by atoms with E-state index < -0.39 is 0 Å². The van der Waals surface area contributed by atoms with Crippen molar-refractivity contribution in [3.8, 4) is 17.0 Å². The maximum absolute atomic E-state index is 9.31. The van der Waals surface area contributed by atoms with Crippen LogP contribution in [0.2, 0.25) is 0 Å². The van der Waals surface area contributed by atoms with E-state index >= 15 is 0 Å². The number of phenols is 1. The van der Waals surface area contributed by atoms with Crippen LogP contribution >= 0.6 is 15.9 Å². The third-order valence-electron chi connectivity index (χ3n) is 1.86. The van der Waals surface area contributed by atoms with E-state index in [1.54, 1.807) is 31.4 Å². The maximum atomic E-state index is 9.31. The first-order valence-corrected chi connectivity index (χ1v) is 4.87. The summed E-state index contributed by atoms with van der Waals surface area (Å²) < 4.78 is 5.75. The fourth-order valence-electron chi connectivity index (χ4n) is 1.16. The molecule has 2 aromatic rings. The zero-order valence-electron chi connectivity index (χ0n) is 7.49. The van der Waals surface area contributed by atoms with Gasteiger partial charge in [-0.05, 0) is 34.1 Å². The van der Waals surface area contributed by atoms with Gasteiger partial charge >= 0.3 is 0 Å². The molecule has 4 heteroatoms. The summed E-state index contributed by atoms with van der Waals surface area (Å²) in [4.78, 5) is 4.18. The van der Waals surface area contributed by atoms with Gasteiger partial charge in [0.25, 0.3) is 0 Å². The van der Waals surface area contributed by atoms with Crippen molar-refractivity contribution >= 4 is 15.9 Å². The van der Waals surface area contributed by atoms with Gasteiger partial charge in [-0.3, -0.25) is 0 Å². The van der Waals surface area contributed by atoms with Crippen LogP contribution in [0.15, 0.2) is 33.4 Å². The molecule has 72 valence electrons. The second-order valence-corrected chi connectivity index (χ2v) is 3.77. The van der Waals surface area contributed by atoms with Gasteiger partial charge in [0, 0.05) is 12.5 Å². The van der Waals surface area contributed by atoms with Gasteiger partial charge in [0.2, 0.25) is 0 Å². The number of nitrogens with zero attached hydrogens (tertiary/aromatic N) is 1. The lowest BCUT2D eigenvalue weighted by Gasteiger charge is -1.98. The second kappa shape index (κ2) is 3.46. The fraction of sp³-hybridized carbons (Fsp3) is 0.100. The van der Waals surface area contributed by atoms with E-state index in [1.165, 1.54) is 0 Å². The van der Waals surface area contributed by atoms with Crippen molar-refractivity contribution in [2.45, 2.75) is 6.92 Å². The highest BCUT2D eigenvalue weighted by Gasteiger charge is 2.05. The molecule has 0 saturated carbocycles. The number of oxazole rings is 1. The Kier molecular flexibility index (Phi) is 2.29. The highest BCUT2D eigenvalue weighted by molar-refractivity contribution is 9.10. The molecule has 0 unspecified atom stereocenters. The average molecular weight is 254 g/mol. The van der Waals surface area contributed by atoms with Crippen LogP contribution in [0.5, 0.6) is 5.75 Å². The van der Waals surface area contributed by atoms with Crippen LogP contribution in [0.4, 0.5) is 0 Å². The monoisotopic (exact) mass is 253 g/mol. The third-order valence-corrected chi connectivity index (χ3v) is 2.50. The number of aromatic hydroxyl groups is 1. The van der Waals surface area contributed by atoms with Gasteiger partial charge in [-0.1, -0.05) is 0 Å². The van der Waals surface area contributed by atoms with Crippen LogP contribution in [-0.4, -0.2) is 10.1 Å². The molecule has 0 aliphatic heterocycles. The van der Waals surface area contributed by atoms with Gasteiger partial charge in [-0.2, -0.15) is 0 Å². The predicted octanol–water partition coefficient (Wildman–Crippen LogP) is 3.12. The van der Waals surface area contributed by atoms with E-state index in [2.05, 4.69) is 20.9 Å². The Morgan fingerprint density at radius 2 is 2.21 bits per heavy atom. The highest BCUT2D eigenvalue weighted by Crippen LogP contribution is 2.29. The van der Waals surface area contributed by atoms with Gasteiger partial charge in [-0.15, -0.1) is 0 Å². The lowest BCUT2D eigenvalue weighted by molar-refractivity contribution is 0.472. The summed E-state index contributed by atoms with van der Waals surface area (Å²) in [5.74, 6) is 0.846. The third kappa shape index (κ3) is 1.65. The number of benzene rings is 1. The molecule has 14 heavy (non-hydrogen) atoms. The molecular formula is C10H8BrNO2. The molecule has 0 bridgehead atoms. The van der Waals surface area contributed by atoms with Crippen LogP contribution < -0.4 is 0 Å². The molecule has 0 aliphatic rings. The Hall–Kier alpha value is -1.29. The topological polar surface area (TPSA) is 46.3 Å². The van der Waals surface area contributed by atoms with E-state index in [9.17, 15) is 5.11 Å². The second-order valence-electron chi connectivity index (χ2n) is 2.92. The Labute approximate surface area is 89.5 Å². The summed E-state index contributed by atoms with van der Waals surface area (Å²) in [6, 6.07) is 5.20. The number of aryl methyl sites for hydroxylation is 1. The molecule has 0 amide bonds. The Morgan fingerprint density at radius 1 is 1.43 bits per heavy atom. The number of aromatic nitrogens is 1. The number of hydrogen-bond acceptors (Lipinski definition) is 3. The maximum Gasteiger partial charge on any atom is 0.191 e. The standard InChI is InChI=1S/C10H8BrNO2/c1-6-12-9(5-14-6)7-2-3-10(13)8(11)4-7/h2-5,13H,1H3. The van der Waals surface area contributed by atoms with E-state index in [4.69, 9.17) is 4.42 Å². The zero-order valence-corrected chi connectivity index (χ0v) is 9.08. The van der Waals surface area contributed by atoms with Gasteiger partial charge in [0.05, 0.1) is 4.47 Å². The molecule has 1 aromatic carbocycles. The number of phenolic OH excluding ortho intramolecular Hbond substituents is 1. The van der Waals surface area contributed by atoms with Gasteiger partial charge in [-0.25, -0.2) is 4.98 Å². The Balaban J connectivity index is 2.47. The molecule has 1 aromatic heterocycles. The molecule has 0 radical (unpaired) electrons. The summed E-state index contributed by atoms with van der Waals surface area (Å²) in [5, 5.41) is 9.31. The van der Waals surface area contributed by atoms with Gasteiger partial charge < -0.3 is 9.52 Å². The van der Waals surface area contributed by atoms with Crippen molar-refractivity contribution in [3.05, 3.63) is 34.8 Å². The number of rotatable bonds is 1. The number of halogens is 1. The normalized spacial score (nSPS) is 10.4. The SMILES string of the molecule is Cc1nc(-c2ccc(O)c(Br)c2)co1. The van der Waals surface area contributed by atoms with Crippen molar-refractivity contribution < 1.29 is 9.52 Å². The molecule has 2 rings (SSSR count). The summed E-state index contributed by atoms with van der Waals surface area (Å²) in [7, 11) is 0. The van der Waals surface area contributed by atoms with E-state index in [-0.39, 0.29) is 5.75 Å². The van der Waals surface area contributed by atoms with E-state index in [0.29, 0.717) is 10.4 Å². The van der Waals surface area contributed by atoms with Crippen molar-refractivity contribution in [2.75, 3.05) is 0 Å². The summed E-state index contributed by atoms with van der Waals surface area (Å²) in [6.07, 6.45) is 1.59. The quantitative estimate of drug-likeness (QED) is 0.850. The highest BCUT2D eigenvalue weighted by atomic mass is 79.9. The molecular weight excluding hydrogens is 246 g/mol. The van der Waals surface area contributed by atoms with Crippen molar-refractivity contribution in [2.24, 2.45) is 0 Å². The summed E-state index contributed by atoms with van der Waals surface area (Å²) in [6.45, 7) is 1.79. The Bertz CT molecular complexity index is 465. The van der Waals surface area contributed by atoms with E-state index in [0.717, 1.165) is 11.3 Å². The first kappa shape index (κ1) is 9.27. The average Bonchev–Trinajstić information content (AvgIpc) is 2.57. The van der Waals surface area contributed by atoms with Crippen LogP contribution in [0.3, 0.4) is 0 Å². The minimum absolute atomic E-state index is 0.217. The lowest BCUT2D eigenvalue weighted by Crippen LogP contribution is -1.78. The molecule has 0 fully saturated rings. The van der Waals surface area contributed by atoms with Crippen molar-refractivity contribution in [1.82, 2.24) is 4.98 Å². The van der Waals surface area contributed by atoms with Crippen molar-refractivity contribution in [1.29, 1.82) is 0 Å². The summed E-state index contributed by atoms with van der Waals surface area (Å²) >= 11 is 3.24. The zero-order chi connectivity index (χ0) is 10.1. The van der Waals surface area contributed by atoms with Crippen LogP contribution in [-0.2, 0) is 0 Å². The van der Waals surface area contributed by atoms with Crippen LogP contribution in [0.25, 0.3) is 11.3 Å².